The minimum atomic E-state index is -0.567. The van der Waals surface area contributed by atoms with Crippen LogP contribution in [0.4, 0.5) is 5.82 Å². The molecule has 1 aliphatic rings. The van der Waals surface area contributed by atoms with Crippen LogP contribution in [0.5, 0.6) is 11.5 Å². The van der Waals surface area contributed by atoms with Crippen LogP contribution in [0, 0.1) is 0 Å². The molecule has 1 aliphatic heterocycles. The number of methoxy groups -OCH3 is 1. The highest BCUT2D eigenvalue weighted by Gasteiger charge is 2.28. The van der Waals surface area contributed by atoms with E-state index >= 15 is 0 Å². The van der Waals surface area contributed by atoms with Crippen molar-refractivity contribution in [3.8, 4) is 11.5 Å². The predicted octanol–water partition coefficient (Wildman–Crippen LogP) is 0.756. The van der Waals surface area contributed by atoms with Gasteiger partial charge in [0, 0.05) is 17.9 Å². The Morgan fingerprint density at radius 3 is 3.00 bits per heavy atom. The van der Waals surface area contributed by atoms with Crippen molar-refractivity contribution >= 4 is 17.6 Å². The molecule has 0 fully saturated rings. The minimum absolute atomic E-state index is 0.0835. The van der Waals surface area contributed by atoms with Gasteiger partial charge in [0.05, 0.1) is 13.3 Å². The summed E-state index contributed by atoms with van der Waals surface area (Å²) in [7, 11) is 1.51. The summed E-state index contributed by atoms with van der Waals surface area (Å²) in [6.45, 7) is -0.229. The quantitative estimate of drug-likeness (QED) is 0.752. The zero-order valence-corrected chi connectivity index (χ0v) is 12.5. The Morgan fingerprint density at radius 1 is 1.43 bits per heavy atom. The first-order chi connectivity index (χ1) is 11.1. The first-order valence-corrected chi connectivity index (χ1v) is 7.00. The number of fused-ring (bicyclic) bond motifs is 1. The molecule has 0 aliphatic carbocycles. The number of rotatable bonds is 5. The lowest BCUT2D eigenvalue weighted by Crippen LogP contribution is -2.23. The van der Waals surface area contributed by atoms with Crippen molar-refractivity contribution in [2.75, 3.05) is 19.0 Å². The van der Waals surface area contributed by atoms with Crippen LogP contribution < -0.4 is 20.5 Å². The van der Waals surface area contributed by atoms with Crippen LogP contribution in [0.1, 0.15) is 23.5 Å². The topological polar surface area (TPSA) is 119 Å². The Balaban J connectivity index is 1.92. The van der Waals surface area contributed by atoms with Crippen LogP contribution in [-0.4, -0.2) is 35.7 Å². The molecule has 0 spiro atoms. The van der Waals surface area contributed by atoms with E-state index in [-0.39, 0.29) is 18.4 Å². The van der Waals surface area contributed by atoms with Gasteiger partial charge in [-0.1, -0.05) is 6.07 Å². The molecule has 0 saturated heterocycles. The zero-order chi connectivity index (χ0) is 16.4. The number of primary amides is 1. The van der Waals surface area contributed by atoms with E-state index in [0.29, 0.717) is 23.7 Å². The smallest absolute Gasteiger partial charge is 0.255 e. The molecule has 0 unspecified atom stereocenters. The molecule has 2 aromatic rings. The van der Waals surface area contributed by atoms with Gasteiger partial charge in [-0.25, -0.2) is 0 Å². The number of anilines is 1. The third-order valence-corrected chi connectivity index (χ3v) is 3.66. The highest BCUT2D eigenvalue weighted by Crippen LogP contribution is 2.39. The summed E-state index contributed by atoms with van der Waals surface area (Å²) in [5.74, 6) is 0.723. The number of aromatic amines is 1. The van der Waals surface area contributed by atoms with Crippen LogP contribution in [-0.2, 0) is 9.59 Å². The van der Waals surface area contributed by atoms with Crippen LogP contribution >= 0.6 is 0 Å². The van der Waals surface area contributed by atoms with Crippen LogP contribution in [0.3, 0.4) is 0 Å². The van der Waals surface area contributed by atoms with Gasteiger partial charge in [0.25, 0.3) is 5.91 Å². The lowest BCUT2D eigenvalue weighted by atomic mass is 9.87. The number of benzene rings is 1. The summed E-state index contributed by atoms with van der Waals surface area (Å²) >= 11 is 0. The van der Waals surface area contributed by atoms with E-state index in [1.807, 2.05) is 6.07 Å². The summed E-state index contributed by atoms with van der Waals surface area (Å²) in [5, 5.41) is 9.50. The van der Waals surface area contributed by atoms with Crippen LogP contribution in [0.2, 0.25) is 0 Å². The monoisotopic (exact) mass is 316 g/mol. The number of hydrogen-bond acceptors (Lipinski definition) is 5. The molecule has 3 rings (SSSR count). The van der Waals surface area contributed by atoms with Gasteiger partial charge in [0.15, 0.2) is 18.1 Å². The highest BCUT2D eigenvalue weighted by molar-refractivity contribution is 5.94. The molecule has 8 heteroatoms. The van der Waals surface area contributed by atoms with Crippen molar-refractivity contribution in [1.82, 2.24) is 10.2 Å². The maximum atomic E-state index is 11.8. The zero-order valence-electron chi connectivity index (χ0n) is 12.5. The standard InChI is InChI=1S/C15H16N4O4/c1-22-12-4-8(2-3-11(12)23-7-13(16)20)9-5-14(21)18-15-10(9)6-17-19-15/h2-4,6,9H,5,7H2,1H3,(H2,16,20)(H2,17,18,19,21)/t9-/m1/s1. The second kappa shape index (κ2) is 5.99. The molecule has 0 saturated carbocycles. The molecule has 1 aromatic carbocycles. The molecule has 2 heterocycles. The van der Waals surface area contributed by atoms with Gasteiger partial charge in [-0.05, 0) is 17.7 Å². The number of nitrogens with one attached hydrogen (secondary N) is 2. The number of ether oxygens (including phenoxy) is 2. The van der Waals surface area contributed by atoms with Gasteiger partial charge in [-0.15, -0.1) is 0 Å². The van der Waals surface area contributed by atoms with Crippen molar-refractivity contribution in [2.45, 2.75) is 12.3 Å². The van der Waals surface area contributed by atoms with E-state index in [1.54, 1.807) is 18.3 Å². The van der Waals surface area contributed by atoms with Crippen molar-refractivity contribution < 1.29 is 19.1 Å². The van der Waals surface area contributed by atoms with Gasteiger partial charge in [-0.3, -0.25) is 14.7 Å². The van der Waals surface area contributed by atoms with Crippen molar-refractivity contribution in [2.24, 2.45) is 5.73 Å². The van der Waals surface area contributed by atoms with E-state index in [1.165, 1.54) is 7.11 Å². The molecule has 2 amide bonds. The van der Waals surface area contributed by atoms with Crippen molar-refractivity contribution in [1.29, 1.82) is 0 Å². The number of carbonyl (C=O) groups is 2. The van der Waals surface area contributed by atoms with Crippen molar-refractivity contribution in [3.63, 3.8) is 0 Å². The van der Waals surface area contributed by atoms with E-state index in [2.05, 4.69) is 15.5 Å². The first kappa shape index (κ1) is 14.9. The molecule has 4 N–H and O–H groups in total. The second-order valence-corrected chi connectivity index (χ2v) is 5.17. The number of nitrogens with two attached hydrogens (primary N) is 1. The van der Waals surface area contributed by atoms with Gasteiger partial charge >= 0.3 is 0 Å². The van der Waals surface area contributed by atoms with Crippen LogP contribution in [0.15, 0.2) is 24.4 Å². The minimum Gasteiger partial charge on any atom is -0.493 e. The number of amides is 2. The van der Waals surface area contributed by atoms with Gasteiger partial charge in [0.1, 0.15) is 5.82 Å². The molecule has 0 radical (unpaired) electrons. The highest BCUT2D eigenvalue weighted by atomic mass is 16.5. The fraction of sp³-hybridized carbons (Fsp3) is 0.267. The van der Waals surface area contributed by atoms with E-state index in [4.69, 9.17) is 15.2 Å². The van der Waals surface area contributed by atoms with Gasteiger partial charge in [0.2, 0.25) is 5.91 Å². The molecule has 8 nitrogen and oxygen atoms in total. The maximum Gasteiger partial charge on any atom is 0.255 e. The summed E-state index contributed by atoms with van der Waals surface area (Å²) in [4.78, 5) is 22.7. The SMILES string of the molecule is COc1cc([C@H]2CC(=O)Nc3[nH]ncc32)ccc1OCC(N)=O. The number of carbonyl (C=O) groups excluding carboxylic acids is 2. The molecule has 1 atom stereocenters. The third-order valence-electron chi connectivity index (χ3n) is 3.66. The van der Waals surface area contributed by atoms with E-state index in [9.17, 15) is 9.59 Å². The number of H-pyrrole nitrogens is 1. The molecular formula is C15H16N4O4. The molecular weight excluding hydrogens is 300 g/mol. The largest absolute Gasteiger partial charge is 0.493 e. The summed E-state index contributed by atoms with van der Waals surface area (Å²) in [6.07, 6.45) is 2.01. The Kier molecular flexibility index (Phi) is 3.88. The van der Waals surface area contributed by atoms with E-state index < -0.39 is 5.91 Å². The molecule has 1 aromatic heterocycles. The fourth-order valence-electron chi connectivity index (χ4n) is 2.61. The fourth-order valence-corrected chi connectivity index (χ4v) is 2.61. The third kappa shape index (κ3) is 2.96. The number of nitrogens with zero attached hydrogens (tertiary/aromatic N) is 1. The molecule has 120 valence electrons. The average Bonchev–Trinajstić information content (AvgIpc) is 3.00. The van der Waals surface area contributed by atoms with Gasteiger partial charge < -0.3 is 20.5 Å². The summed E-state index contributed by atoms with van der Waals surface area (Å²) in [5.41, 5.74) is 6.88. The molecule has 0 bridgehead atoms. The van der Waals surface area contributed by atoms with Crippen LogP contribution in [0.25, 0.3) is 0 Å². The van der Waals surface area contributed by atoms with Gasteiger partial charge in [-0.2, -0.15) is 5.10 Å². The predicted molar refractivity (Wildman–Crippen MR) is 81.4 cm³/mol. The Bertz CT molecular complexity index is 756. The Hall–Kier alpha value is -3.03. The average molecular weight is 316 g/mol. The van der Waals surface area contributed by atoms with Crippen molar-refractivity contribution in [3.05, 3.63) is 35.5 Å². The Labute approximate surface area is 132 Å². The van der Waals surface area contributed by atoms with E-state index in [0.717, 1.165) is 11.1 Å². The maximum absolute atomic E-state index is 11.8. The number of aromatic nitrogens is 2. The number of hydrogen-bond donors (Lipinski definition) is 3. The first-order valence-electron chi connectivity index (χ1n) is 7.00. The Morgan fingerprint density at radius 2 is 2.26 bits per heavy atom. The second-order valence-electron chi connectivity index (χ2n) is 5.17. The summed E-state index contributed by atoms with van der Waals surface area (Å²) < 4.78 is 10.6. The lowest BCUT2D eigenvalue weighted by Gasteiger charge is -2.23. The normalized spacial score (nSPS) is 16.4. The lowest BCUT2D eigenvalue weighted by molar-refractivity contribution is -0.120. The molecule has 23 heavy (non-hydrogen) atoms. The summed E-state index contributed by atoms with van der Waals surface area (Å²) in [6, 6.07) is 5.32.